The quantitative estimate of drug-likeness (QED) is 0.776. The van der Waals surface area contributed by atoms with Crippen molar-refractivity contribution in [2.24, 2.45) is 5.73 Å². The summed E-state index contributed by atoms with van der Waals surface area (Å²) in [7, 11) is 2.75. The number of hydrogen-bond donors (Lipinski definition) is 1. The van der Waals surface area contributed by atoms with Gasteiger partial charge in [-0.3, -0.25) is 7.05 Å². The van der Waals surface area contributed by atoms with Gasteiger partial charge in [0.25, 0.3) is 0 Å². The largest absolute Gasteiger partial charge is 0.486 e. The summed E-state index contributed by atoms with van der Waals surface area (Å²) in [6, 6.07) is 0. The average molecular weight is 294 g/mol. The van der Waals surface area contributed by atoms with Crippen LogP contribution in [0.5, 0.6) is 0 Å². The first-order valence-electron chi connectivity index (χ1n) is 2.62. The molecule has 60 valence electrons. The second kappa shape index (κ2) is 43.2. The van der Waals surface area contributed by atoms with Gasteiger partial charge in [0, 0.05) is 65.4 Å². The molecule has 0 aliphatic rings. The van der Waals surface area contributed by atoms with Gasteiger partial charge in [0.15, 0.2) is 0 Å². The maximum atomic E-state index is 4.25. The Kier molecular flexibility index (Phi) is 128. The molecular weight excluding hydrogens is 276 g/mol. The molecule has 0 aromatic heterocycles. The maximum Gasteiger partial charge on any atom is 0 e. The number of rotatable bonds is 2. The molecule has 0 aromatic carbocycles. The SMILES string of the molecule is [CH2-]CCCC.[CH2-]N.[CH3-].[Y].[Y]. The standard InChI is InChI=1S/C5H11.CH4N.CH3.2Y/c1-3-5-4-2;1-2;;;/h1,3-5H2,2H3;1-2H2;1H3;;/q3*-1;;. The molecule has 0 heterocycles. The zero-order valence-electron chi connectivity index (χ0n) is 7.27. The average Bonchev–Trinajstić information content (AvgIpc) is 1.75. The summed E-state index contributed by atoms with van der Waals surface area (Å²) in [6.45, 7) is 5.85. The van der Waals surface area contributed by atoms with Crippen molar-refractivity contribution in [1.82, 2.24) is 0 Å². The van der Waals surface area contributed by atoms with Crippen LogP contribution in [0.3, 0.4) is 0 Å². The summed E-state index contributed by atoms with van der Waals surface area (Å²) in [4.78, 5) is 0. The minimum atomic E-state index is 0. The van der Waals surface area contributed by atoms with Crippen LogP contribution in [0.2, 0.25) is 0 Å². The molecule has 0 unspecified atom stereocenters. The van der Waals surface area contributed by atoms with Crippen molar-refractivity contribution in [1.29, 1.82) is 0 Å². The van der Waals surface area contributed by atoms with Crippen molar-refractivity contribution >= 4 is 0 Å². The van der Waals surface area contributed by atoms with E-state index in [0.29, 0.717) is 0 Å². The summed E-state index contributed by atoms with van der Waals surface area (Å²) in [5, 5.41) is 0. The van der Waals surface area contributed by atoms with E-state index < -0.39 is 0 Å². The van der Waals surface area contributed by atoms with Gasteiger partial charge in [-0.15, -0.1) is 0 Å². The van der Waals surface area contributed by atoms with Crippen LogP contribution in [-0.2, 0) is 65.4 Å². The molecule has 2 N–H and O–H groups in total. The predicted octanol–water partition coefficient (Wildman–Crippen LogP) is 2.19. The summed E-state index contributed by atoms with van der Waals surface area (Å²) in [6.07, 6.45) is 3.65. The van der Waals surface area contributed by atoms with Crippen LogP contribution in [0.1, 0.15) is 26.2 Å². The third-order valence-electron chi connectivity index (χ3n) is 0.604. The molecule has 0 aliphatic heterocycles. The Morgan fingerprint density at radius 2 is 1.50 bits per heavy atom. The summed E-state index contributed by atoms with van der Waals surface area (Å²) >= 11 is 0. The van der Waals surface area contributed by atoms with Gasteiger partial charge in [0.05, 0.1) is 0 Å². The van der Waals surface area contributed by atoms with E-state index in [1.807, 2.05) is 0 Å². The fraction of sp³-hybridized carbons (Fsp3) is 0.571. The molecule has 0 rings (SSSR count). The minimum absolute atomic E-state index is 0. The van der Waals surface area contributed by atoms with E-state index in [1.165, 1.54) is 12.8 Å². The van der Waals surface area contributed by atoms with Crippen molar-refractivity contribution in [2.75, 3.05) is 0 Å². The Hall–Kier alpha value is 2.17. The fourth-order valence-corrected chi connectivity index (χ4v) is 0.250. The van der Waals surface area contributed by atoms with E-state index >= 15 is 0 Å². The second-order valence-electron chi connectivity index (χ2n) is 1.21. The van der Waals surface area contributed by atoms with Crippen LogP contribution in [0.4, 0.5) is 0 Å². The molecular formula is C7H18NY2-3. The molecule has 0 bridgehead atoms. The van der Waals surface area contributed by atoms with Crippen molar-refractivity contribution in [2.45, 2.75) is 26.2 Å². The number of unbranched alkanes of at least 4 members (excludes halogenated alkanes) is 2. The van der Waals surface area contributed by atoms with E-state index in [4.69, 9.17) is 0 Å². The van der Waals surface area contributed by atoms with E-state index in [1.54, 1.807) is 0 Å². The van der Waals surface area contributed by atoms with Gasteiger partial charge in [0.2, 0.25) is 0 Å². The Labute approximate surface area is 117 Å². The van der Waals surface area contributed by atoms with E-state index in [9.17, 15) is 0 Å². The molecule has 10 heavy (non-hydrogen) atoms. The van der Waals surface area contributed by atoms with Crippen LogP contribution in [0.25, 0.3) is 0 Å². The molecule has 0 aliphatic carbocycles. The topological polar surface area (TPSA) is 26.0 Å². The van der Waals surface area contributed by atoms with Crippen molar-refractivity contribution in [3.63, 3.8) is 0 Å². The maximum absolute atomic E-state index is 4.25. The van der Waals surface area contributed by atoms with Gasteiger partial charge in [-0.2, -0.15) is 6.42 Å². The Morgan fingerprint density at radius 3 is 1.50 bits per heavy atom. The van der Waals surface area contributed by atoms with Crippen LogP contribution < -0.4 is 5.73 Å². The van der Waals surface area contributed by atoms with Gasteiger partial charge >= 0.3 is 0 Å². The molecule has 0 fully saturated rings. The first kappa shape index (κ1) is 29.5. The van der Waals surface area contributed by atoms with Crippen LogP contribution in [-0.4, -0.2) is 0 Å². The van der Waals surface area contributed by atoms with Gasteiger partial charge in [-0.05, 0) is 0 Å². The Balaban J connectivity index is -0.0000000154. The molecule has 0 saturated heterocycles. The van der Waals surface area contributed by atoms with Gasteiger partial charge < -0.3 is 20.1 Å². The molecule has 0 saturated carbocycles. The van der Waals surface area contributed by atoms with Gasteiger partial charge in [0.1, 0.15) is 0 Å². The van der Waals surface area contributed by atoms with Gasteiger partial charge in [-0.25, -0.2) is 0 Å². The third kappa shape index (κ3) is 49.2. The molecule has 1 nitrogen and oxygen atoms in total. The second-order valence-corrected chi connectivity index (χ2v) is 1.21. The third-order valence-corrected chi connectivity index (χ3v) is 0.604. The monoisotopic (exact) mass is 294 g/mol. The van der Waals surface area contributed by atoms with Crippen molar-refractivity contribution in [3.8, 4) is 0 Å². The zero-order chi connectivity index (χ0) is 6.12. The zero-order valence-corrected chi connectivity index (χ0v) is 12.9. The van der Waals surface area contributed by atoms with E-state index in [2.05, 4.69) is 26.6 Å². The molecule has 0 amide bonds. The van der Waals surface area contributed by atoms with Crippen LogP contribution in [0.15, 0.2) is 0 Å². The summed E-state index contributed by atoms with van der Waals surface area (Å²) < 4.78 is 0. The van der Waals surface area contributed by atoms with E-state index in [-0.39, 0.29) is 72.8 Å². The smallest absolute Gasteiger partial charge is 0 e. The first-order chi connectivity index (χ1) is 3.41. The van der Waals surface area contributed by atoms with E-state index in [0.717, 1.165) is 6.42 Å². The fourth-order valence-electron chi connectivity index (χ4n) is 0.250. The van der Waals surface area contributed by atoms with Crippen LogP contribution in [0, 0.1) is 21.4 Å². The van der Waals surface area contributed by atoms with Crippen molar-refractivity contribution < 1.29 is 65.4 Å². The van der Waals surface area contributed by atoms with Crippen LogP contribution >= 0.6 is 0 Å². The Morgan fingerprint density at radius 1 is 1.20 bits per heavy atom. The van der Waals surface area contributed by atoms with Crippen molar-refractivity contribution in [3.05, 3.63) is 21.4 Å². The predicted molar refractivity (Wildman–Crippen MR) is 40.8 cm³/mol. The van der Waals surface area contributed by atoms with Gasteiger partial charge in [-0.1, -0.05) is 19.8 Å². The normalized spacial score (nSPS) is 4.80. The summed E-state index contributed by atoms with van der Waals surface area (Å²) in [5.41, 5.74) is 4.25. The molecule has 0 aromatic rings. The number of hydrogen-bond acceptors (Lipinski definition) is 1. The minimum Gasteiger partial charge on any atom is -0.486 e. The Bertz CT molecular complexity index is 19.1. The molecule has 0 spiro atoms. The molecule has 0 atom stereocenters. The molecule has 2 radical (unpaired) electrons. The first-order valence-corrected chi connectivity index (χ1v) is 2.62. The summed E-state index contributed by atoms with van der Waals surface area (Å²) in [5.74, 6) is 0. The molecule has 3 heteroatoms. The number of nitrogens with two attached hydrogens (primary N) is 1.